The van der Waals surface area contributed by atoms with Gasteiger partial charge in [0.15, 0.2) is 0 Å². The van der Waals surface area contributed by atoms with Gasteiger partial charge < -0.3 is 29.4 Å². The number of nitrogens with zero attached hydrogens (tertiary/aromatic N) is 4. The molecule has 0 amide bonds. The first-order valence-electron chi connectivity index (χ1n) is 11.2. The Kier molecular flexibility index (Phi) is 4.90. The molecule has 1 aliphatic carbocycles. The number of aryl methyl sites for hydroxylation is 1. The molecule has 4 atom stereocenters. The van der Waals surface area contributed by atoms with Crippen molar-refractivity contribution in [3.05, 3.63) is 60.0 Å². The zero-order chi connectivity index (χ0) is 22.5. The highest BCUT2D eigenvalue weighted by Gasteiger charge is 2.44. The first-order valence-corrected chi connectivity index (χ1v) is 11.2. The van der Waals surface area contributed by atoms with E-state index < -0.39 is 18.3 Å². The summed E-state index contributed by atoms with van der Waals surface area (Å²) in [6.45, 7) is 3.52. The fourth-order valence-corrected chi connectivity index (χ4v) is 5.07. The van der Waals surface area contributed by atoms with Crippen LogP contribution in [0.1, 0.15) is 29.3 Å². The second-order valence-corrected chi connectivity index (χ2v) is 8.81. The molecule has 1 aromatic carbocycles. The molecular weight excluding hydrogens is 422 g/mol. The minimum absolute atomic E-state index is 0.355. The second-order valence-electron chi connectivity index (χ2n) is 8.81. The Morgan fingerprint density at radius 1 is 1.18 bits per heavy atom. The summed E-state index contributed by atoms with van der Waals surface area (Å²) < 4.78 is 13.4. The van der Waals surface area contributed by atoms with Gasteiger partial charge in [-0.15, -0.1) is 0 Å². The summed E-state index contributed by atoms with van der Waals surface area (Å²) in [5.41, 5.74) is 5.75. The van der Waals surface area contributed by atoms with Gasteiger partial charge in [0.05, 0.1) is 17.9 Å². The Balaban J connectivity index is 1.33. The summed E-state index contributed by atoms with van der Waals surface area (Å²) in [5, 5.41) is 30.0. The van der Waals surface area contributed by atoms with Crippen LogP contribution in [0, 0.1) is 6.92 Å². The van der Waals surface area contributed by atoms with E-state index >= 15 is 0 Å². The number of hydrogen-bond acceptors (Lipinski definition) is 8. The number of rotatable bonds is 4. The molecule has 6 rings (SSSR count). The Hall–Kier alpha value is -3.27. The summed E-state index contributed by atoms with van der Waals surface area (Å²) in [6.07, 6.45) is 5.48. The maximum atomic E-state index is 10.9. The van der Waals surface area contributed by atoms with Crippen LogP contribution in [0.15, 0.2) is 47.7 Å². The summed E-state index contributed by atoms with van der Waals surface area (Å²) >= 11 is 0. The molecule has 33 heavy (non-hydrogen) atoms. The molecule has 9 nitrogen and oxygen atoms in total. The molecule has 170 valence electrons. The fourth-order valence-electron chi connectivity index (χ4n) is 5.07. The van der Waals surface area contributed by atoms with Crippen LogP contribution in [0.3, 0.4) is 0 Å². The van der Waals surface area contributed by atoms with E-state index in [1.807, 2.05) is 29.8 Å². The molecule has 2 aliphatic rings. The number of aliphatic hydroxyl groups excluding tert-OH is 2. The molecule has 4 aromatic rings. The molecule has 3 N–H and O–H groups in total. The van der Waals surface area contributed by atoms with Gasteiger partial charge in [0.2, 0.25) is 0 Å². The van der Waals surface area contributed by atoms with E-state index in [1.54, 1.807) is 12.5 Å². The highest BCUT2D eigenvalue weighted by Crippen LogP contribution is 2.39. The van der Waals surface area contributed by atoms with Gasteiger partial charge in [-0.25, -0.2) is 9.97 Å². The first-order chi connectivity index (χ1) is 16.1. The van der Waals surface area contributed by atoms with Crippen molar-refractivity contribution in [1.29, 1.82) is 0 Å². The lowest BCUT2D eigenvalue weighted by molar-refractivity contribution is -0.0166. The van der Waals surface area contributed by atoms with Crippen LogP contribution in [0.4, 0.5) is 0 Å². The van der Waals surface area contributed by atoms with Gasteiger partial charge in [-0.1, -0.05) is 11.2 Å². The zero-order valence-electron chi connectivity index (χ0n) is 18.2. The van der Waals surface area contributed by atoms with Gasteiger partial charge in [-0.05, 0) is 43.1 Å². The van der Waals surface area contributed by atoms with Crippen molar-refractivity contribution < 1.29 is 19.5 Å². The number of nitrogens with one attached hydrogen (secondary N) is 1. The van der Waals surface area contributed by atoms with Crippen LogP contribution in [0.2, 0.25) is 0 Å². The number of hydrogen-bond donors (Lipinski definition) is 3. The third kappa shape index (κ3) is 3.40. The lowest BCUT2D eigenvalue weighted by atomic mass is 9.95. The number of ether oxygens (including phenoxy) is 1. The molecule has 0 radical (unpaired) electrons. The lowest BCUT2D eigenvalue weighted by Crippen LogP contribution is -2.34. The van der Waals surface area contributed by atoms with Crippen LogP contribution < -0.4 is 10.1 Å². The van der Waals surface area contributed by atoms with Crippen molar-refractivity contribution in [2.75, 3.05) is 6.54 Å². The first kappa shape index (κ1) is 20.3. The molecule has 9 heteroatoms. The average Bonchev–Trinajstić information content (AvgIpc) is 3.56. The summed E-state index contributed by atoms with van der Waals surface area (Å²) in [6, 6.07) is 5.70. The van der Waals surface area contributed by atoms with Crippen molar-refractivity contribution in [3.8, 4) is 16.9 Å². The van der Waals surface area contributed by atoms with Gasteiger partial charge >= 0.3 is 0 Å². The molecule has 1 fully saturated rings. The van der Waals surface area contributed by atoms with Crippen LogP contribution in [-0.4, -0.2) is 54.8 Å². The third-order valence-corrected chi connectivity index (χ3v) is 6.88. The highest BCUT2D eigenvalue weighted by molar-refractivity contribution is 5.78. The molecular formula is C24H25N5O4. The maximum absolute atomic E-state index is 10.9. The lowest BCUT2D eigenvalue weighted by Gasteiger charge is -2.25. The summed E-state index contributed by atoms with van der Waals surface area (Å²) in [4.78, 5) is 8.65. The highest BCUT2D eigenvalue weighted by atomic mass is 16.5. The Morgan fingerprint density at radius 3 is 2.94 bits per heavy atom. The van der Waals surface area contributed by atoms with Crippen molar-refractivity contribution in [2.45, 2.75) is 50.7 Å². The second kappa shape index (κ2) is 7.95. The topological polar surface area (TPSA) is 118 Å². The van der Waals surface area contributed by atoms with Gasteiger partial charge in [-0.3, -0.25) is 0 Å². The predicted molar refractivity (Wildman–Crippen MR) is 120 cm³/mol. The van der Waals surface area contributed by atoms with E-state index in [0.717, 1.165) is 46.4 Å². The van der Waals surface area contributed by atoms with Crippen LogP contribution >= 0.6 is 0 Å². The van der Waals surface area contributed by atoms with E-state index in [4.69, 9.17) is 9.26 Å². The molecule has 4 unspecified atom stereocenters. The monoisotopic (exact) mass is 447 g/mol. The Labute approximate surface area is 190 Å². The SMILES string of the molecule is Cc1ncnc2c1ccn2C1CC(Oc2cc(-c3cnoc3)cc3c2CNCC3)C(O)C1O. The van der Waals surface area contributed by atoms with Gasteiger partial charge in [0.25, 0.3) is 0 Å². The number of benzene rings is 1. The van der Waals surface area contributed by atoms with Crippen molar-refractivity contribution in [1.82, 2.24) is 25.0 Å². The molecule has 0 bridgehead atoms. The molecule has 1 saturated carbocycles. The standard InChI is InChI=1S/C24H25N5O4/c1-13-17-3-5-29(24(17)27-12-26-13)19-8-21(23(31)22(19)30)33-20-7-15(16-9-28-32-11-16)6-14-2-4-25-10-18(14)20/h3,5-7,9,11-12,19,21-23,25,30-31H,2,4,8,10H2,1H3. The third-order valence-electron chi connectivity index (χ3n) is 6.88. The molecule has 3 aromatic heterocycles. The van der Waals surface area contributed by atoms with Crippen molar-refractivity contribution in [2.24, 2.45) is 0 Å². The predicted octanol–water partition coefficient (Wildman–Crippen LogP) is 2.15. The van der Waals surface area contributed by atoms with Gasteiger partial charge in [0, 0.05) is 35.7 Å². The Bertz CT molecular complexity index is 1300. The normalized spacial score (nSPS) is 24.8. The molecule has 1 aliphatic heterocycles. The van der Waals surface area contributed by atoms with E-state index in [-0.39, 0.29) is 6.04 Å². The molecule has 0 spiro atoms. The van der Waals surface area contributed by atoms with E-state index in [1.165, 1.54) is 11.9 Å². The van der Waals surface area contributed by atoms with Crippen molar-refractivity contribution in [3.63, 3.8) is 0 Å². The summed E-state index contributed by atoms with van der Waals surface area (Å²) in [7, 11) is 0. The van der Waals surface area contributed by atoms with Gasteiger partial charge in [-0.2, -0.15) is 0 Å². The number of aromatic nitrogens is 4. The largest absolute Gasteiger partial charge is 0.487 e. The quantitative estimate of drug-likeness (QED) is 0.436. The van der Waals surface area contributed by atoms with Gasteiger partial charge in [0.1, 0.15) is 42.3 Å². The van der Waals surface area contributed by atoms with Crippen LogP contribution in [0.5, 0.6) is 5.75 Å². The van der Waals surface area contributed by atoms with E-state index in [2.05, 4.69) is 26.5 Å². The fraction of sp³-hybridized carbons (Fsp3) is 0.375. The number of aliphatic hydroxyl groups is 2. The molecule has 0 saturated heterocycles. The van der Waals surface area contributed by atoms with E-state index in [9.17, 15) is 10.2 Å². The smallest absolute Gasteiger partial charge is 0.143 e. The Morgan fingerprint density at radius 2 is 2.09 bits per heavy atom. The van der Waals surface area contributed by atoms with Crippen LogP contribution in [0.25, 0.3) is 22.2 Å². The van der Waals surface area contributed by atoms with E-state index in [0.29, 0.717) is 18.7 Å². The summed E-state index contributed by atoms with van der Waals surface area (Å²) in [5.74, 6) is 0.711. The average molecular weight is 447 g/mol. The van der Waals surface area contributed by atoms with Crippen molar-refractivity contribution >= 4 is 11.0 Å². The minimum atomic E-state index is -1.03. The zero-order valence-corrected chi connectivity index (χ0v) is 18.2. The molecule has 4 heterocycles. The minimum Gasteiger partial charge on any atom is -0.487 e. The number of fused-ring (bicyclic) bond motifs is 2. The van der Waals surface area contributed by atoms with Crippen LogP contribution in [-0.2, 0) is 13.0 Å². The maximum Gasteiger partial charge on any atom is 0.143 e.